The van der Waals surface area contributed by atoms with E-state index in [-0.39, 0.29) is 17.7 Å². The highest BCUT2D eigenvalue weighted by atomic mass is 16.4. The van der Waals surface area contributed by atoms with Gasteiger partial charge in [0.1, 0.15) is 11.3 Å². The number of carboxylic acids is 2. The van der Waals surface area contributed by atoms with Crippen molar-refractivity contribution in [2.75, 3.05) is 0 Å². The SMILES string of the molecule is CC.CCc1cc(CCC(=O)O)c(C)n1-c1ccc(C(=O)O)c(O)c1. The summed E-state index contributed by atoms with van der Waals surface area (Å²) in [6.07, 6.45) is 1.22. The third kappa shape index (κ3) is 4.62. The number of carbonyl (C=O) groups is 2. The summed E-state index contributed by atoms with van der Waals surface area (Å²) in [5.41, 5.74) is 3.31. The van der Waals surface area contributed by atoms with Crippen molar-refractivity contribution in [3.05, 3.63) is 46.8 Å². The molecule has 136 valence electrons. The van der Waals surface area contributed by atoms with Gasteiger partial charge in [0.05, 0.1) is 0 Å². The Balaban J connectivity index is 0.00000151. The van der Waals surface area contributed by atoms with Crippen molar-refractivity contribution < 1.29 is 24.9 Å². The summed E-state index contributed by atoms with van der Waals surface area (Å²) in [6, 6.07) is 6.37. The molecular formula is C19H25NO5. The predicted molar refractivity (Wildman–Crippen MR) is 95.8 cm³/mol. The molecule has 6 nitrogen and oxygen atoms in total. The fraction of sp³-hybridized carbons (Fsp3) is 0.368. The molecule has 0 aliphatic rings. The van der Waals surface area contributed by atoms with Crippen LogP contribution in [0.4, 0.5) is 0 Å². The van der Waals surface area contributed by atoms with Crippen molar-refractivity contribution in [3.63, 3.8) is 0 Å². The lowest BCUT2D eigenvalue weighted by molar-refractivity contribution is -0.136. The Labute approximate surface area is 147 Å². The highest BCUT2D eigenvalue weighted by Gasteiger charge is 2.16. The van der Waals surface area contributed by atoms with E-state index in [9.17, 15) is 14.7 Å². The van der Waals surface area contributed by atoms with Crippen molar-refractivity contribution in [2.45, 2.75) is 47.0 Å². The van der Waals surface area contributed by atoms with E-state index in [2.05, 4.69) is 0 Å². The van der Waals surface area contributed by atoms with Crippen molar-refractivity contribution in [2.24, 2.45) is 0 Å². The number of rotatable bonds is 6. The Morgan fingerprint density at radius 3 is 2.24 bits per heavy atom. The molecule has 0 bridgehead atoms. The lowest BCUT2D eigenvalue weighted by Crippen LogP contribution is -2.04. The Morgan fingerprint density at radius 1 is 1.12 bits per heavy atom. The van der Waals surface area contributed by atoms with E-state index in [0.29, 0.717) is 12.1 Å². The van der Waals surface area contributed by atoms with Crippen LogP contribution in [0.2, 0.25) is 0 Å². The molecule has 2 aromatic rings. The van der Waals surface area contributed by atoms with Gasteiger partial charge >= 0.3 is 11.9 Å². The quantitative estimate of drug-likeness (QED) is 0.738. The van der Waals surface area contributed by atoms with Gasteiger partial charge in [-0.15, -0.1) is 0 Å². The second kappa shape index (κ2) is 8.92. The molecule has 0 aliphatic heterocycles. The van der Waals surface area contributed by atoms with Gasteiger partial charge in [0.25, 0.3) is 0 Å². The van der Waals surface area contributed by atoms with Gasteiger partial charge in [-0.1, -0.05) is 20.8 Å². The number of aromatic hydroxyl groups is 1. The standard InChI is InChI=1S/C17H19NO5.C2H6/c1-3-12-8-11(4-7-16(20)21)10(2)18(12)13-5-6-14(17(22)23)15(19)9-13;1-2/h5-6,8-9,19H,3-4,7H2,1-2H3,(H,20,21)(H,22,23);1-2H3. The first kappa shape index (κ1) is 20.3. The minimum atomic E-state index is -1.18. The summed E-state index contributed by atoms with van der Waals surface area (Å²) in [5.74, 6) is -2.33. The summed E-state index contributed by atoms with van der Waals surface area (Å²) in [5, 5.41) is 27.7. The zero-order chi connectivity index (χ0) is 19.1. The number of aryl methyl sites for hydroxylation is 2. The molecule has 0 amide bonds. The molecule has 0 atom stereocenters. The molecule has 2 rings (SSSR count). The van der Waals surface area contributed by atoms with Gasteiger partial charge in [0, 0.05) is 29.6 Å². The minimum absolute atomic E-state index is 0.0528. The lowest BCUT2D eigenvalue weighted by Gasteiger charge is -2.12. The fourth-order valence-corrected chi connectivity index (χ4v) is 2.68. The monoisotopic (exact) mass is 347 g/mol. The molecule has 0 aliphatic carbocycles. The van der Waals surface area contributed by atoms with E-state index in [4.69, 9.17) is 10.2 Å². The number of phenols is 1. The van der Waals surface area contributed by atoms with Crippen molar-refractivity contribution in [1.82, 2.24) is 4.57 Å². The Morgan fingerprint density at radius 2 is 1.76 bits per heavy atom. The number of carboxylic acid groups (broad SMARTS) is 2. The van der Waals surface area contributed by atoms with Crippen LogP contribution >= 0.6 is 0 Å². The van der Waals surface area contributed by atoms with E-state index in [1.165, 1.54) is 12.1 Å². The molecule has 0 spiro atoms. The van der Waals surface area contributed by atoms with Crippen molar-refractivity contribution in [1.29, 1.82) is 0 Å². The van der Waals surface area contributed by atoms with E-state index >= 15 is 0 Å². The first-order valence-corrected chi connectivity index (χ1v) is 8.33. The van der Waals surface area contributed by atoms with Crippen LogP contribution in [0.3, 0.4) is 0 Å². The number of aromatic carboxylic acids is 1. The minimum Gasteiger partial charge on any atom is -0.507 e. The van der Waals surface area contributed by atoms with E-state index in [0.717, 1.165) is 23.4 Å². The second-order valence-electron chi connectivity index (χ2n) is 5.34. The Kier molecular flexibility index (Phi) is 7.23. The lowest BCUT2D eigenvalue weighted by atomic mass is 10.1. The van der Waals surface area contributed by atoms with E-state index in [1.54, 1.807) is 6.07 Å². The fourth-order valence-electron chi connectivity index (χ4n) is 2.68. The van der Waals surface area contributed by atoms with Gasteiger partial charge < -0.3 is 19.9 Å². The van der Waals surface area contributed by atoms with Gasteiger partial charge in [-0.3, -0.25) is 4.79 Å². The maximum absolute atomic E-state index is 11.0. The topological polar surface area (TPSA) is 99.8 Å². The normalized spacial score (nSPS) is 10.1. The Bertz CT molecular complexity index is 761. The average molecular weight is 347 g/mol. The summed E-state index contributed by atoms with van der Waals surface area (Å²) < 4.78 is 1.92. The number of aromatic nitrogens is 1. The number of benzene rings is 1. The zero-order valence-electron chi connectivity index (χ0n) is 15.0. The molecule has 1 aromatic carbocycles. The molecule has 0 fully saturated rings. The van der Waals surface area contributed by atoms with Crippen LogP contribution < -0.4 is 0 Å². The number of hydrogen-bond acceptors (Lipinski definition) is 3. The number of hydrogen-bond donors (Lipinski definition) is 3. The molecule has 0 saturated heterocycles. The molecule has 6 heteroatoms. The van der Waals surface area contributed by atoms with Crippen LogP contribution in [0.5, 0.6) is 5.75 Å². The molecule has 3 N–H and O–H groups in total. The second-order valence-corrected chi connectivity index (χ2v) is 5.34. The average Bonchev–Trinajstić information content (AvgIpc) is 2.90. The van der Waals surface area contributed by atoms with E-state index in [1.807, 2.05) is 38.3 Å². The summed E-state index contributed by atoms with van der Waals surface area (Å²) in [4.78, 5) is 21.8. The number of nitrogens with zero attached hydrogens (tertiary/aromatic N) is 1. The van der Waals surface area contributed by atoms with Gasteiger partial charge in [0.2, 0.25) is 0 Å². The molecule has 0 radical (unpaired) electrons. The predicted octanol–water partition coefficient (Wildman–Crippen LogP) is 3.80. The summed E-state index contributed by atoms with van der Waals surface area (Å²) in [7, 11) is 0. The van der Waals surface area contributed by atoms with E-state index < -0.39 is 11.9 Å². The summed E-state index contributed by atoms with van der Waals surface area (Å²) >= 11 is 0. The van der Waals surface area contributed by atoms with Crippen LogP contribution in [0.1, 0.15) is 54.5 Å². The third-order valence-electron chi connectivity index (χ3n) is 3.87. The molecule has 1 aromatic heterocycles. The van der Waals surface area contributed by atoms with Crippen LogP contribution in [-0.4, -0.2) is 31.8 Å². The molecule has 0 unspecified atom stereocenters. The molecular weight excluding hydrogens is 322 g/mol. The largest absolute Gasteiger partial charge is 0.507 e. The molecule has 1 heterocycles. The smallest absolute Gasteiger partial charge is 0.339 e. The van der Waals surface area contributed by atoms with Gasteiger partial charge in [-0.05, 0) is 43.5 Å². The Hall–Kier alpha value is -2.76. The van der Waals surface area contributed by atoms with Gasteiger partial charge in [-0.25, -0.2) is 4.79 Å². The van der Waals surface area contributed by atoms with Crippen molar-refractivity contribution in [3.8, 4) is 11.4 Å². The third-order valence-corrected chi connectivity index (χ3v) is 3.87. The van der Waals surface area contributed by atoms with Crippen molar-refractivity contribution >= 4 is 11.9 Å². The van der Waals surface area contributed by atoms with Crippen LogP contribution in [0.15, 0.2) is 24.3 Å². The number of aliphatic carboxylic acids is 1. The maximum Gasteiger partial charge on any atom is 0.339 e. The van der Waals surface area contributed by atoms with Crippen LogP contribution in [0, 0.1) is 6.92 Å². The van der Waals surface area contributed by atoms with Crippen LogP contribution in [-0.2, 0) is 17.6 Å². The zero-order valence-corrected chi connectivity index (χ0v) is 15.0. The highest BCUT2D eigenvalue weighted by molar-refractivity contribution is 5.91. The van der Waals surface area contributed by atoms with Crippen LogP contribution in [0.25, 0.3) is 5.69 Å². The van der Waals surface area contributed by atoms with Gasteiger partial charge in [-0.2, -0.15) is 0 Å². The molecule has 0 saturated carbocycles. The first-order valence-electron chi connectivity index (χ1n) is 8.33. The molecule has 25 heavy (non-hydrogen) atoms. The first-order chi connectivity index (χ1) is 11.8. The van der Waals surface area contributed by atoms with Gasteiger partial charge in [0.15, 0.2) is 0 Å². The maximum atomic E-state index is 11.0. The highest BCUT2D eigenvalue weighted by Crippen LogP contribution is 2.27. The summed E-state index contributed by atoms with van der Waals surface area (Å²) in [6.45, 7) is 7.87.